The van der Waals surface area contributed by atoms with E-state index >= 15 is 0 Å². The summed E-state index contributed by atoms with van der Waals surface area (Å²) in [5, 5.41) is 0. The van der Waals surface area contributed by atoms with E-state index in [0.717, 1.165) is 6.42 Å². The van der Waals surface area contributed by atoms with E-state index in [1.807, 2.05) is 13.8 Å². The lowest BCUT2D eigenvalue weighted by atomic mass is 10.0. The fourth-order valence-electron chi connectivity index (χ4n) is 1.59. The second kappa shape index (κ2) is 4.90. The predicted molar refractivity (Wildman–Crippen MR) is 62.5 cm³/mol. The third-order valence-corrected chi connectivity index (χ3v) is 3.31. The Morgan fingerprint density at radius 3 is 2.67 bits per heavy atom. The maximum absolute atomic E-state index is 12.0. The molecule has 5 heteroatoms. The SMILES string of the molecule is CC1CCOC1C(=O)N(C)C(C)C(N)=S. The number of nitrogens with zero attached hydrogens (tertiary/aromatic N) is 1. The maximum atomic E-state index is 12.0. The molecule has 0 aromatic carbocycles. The smallest absolute Gasteiger partial charge is 0.252 e. The molecule has 0 aromatic rings. The van der Waals surface area contributed by atoms with Crippen LogP contribution in [0.15, 0.2) is 0 Å². The fraction of sp³-hybridized carbons (Fsp3) is 0.800. The molecule has 0 aromatic heterocycles. The van der Waals surface area contributed by atoms with Gasteiger partial charge in [0, 0.05) is 13.7 Å². The van der Waals surface area contributed by atoms with Crippen molar-refractivity contribution in [2.45, 2.75) is 32.4 Å². The van der Waals surface area contributed by atoms with Gasteiger partial charge in [-0.1, -0.05) is 19.1 Å². The first-order valence-corrected chi connectivity index (χ1v) is 5.53. The maximum Gasteiger partial charge on any atom is 0.252 e. The third kappa shape index (κ3) is 2.66. The zero-order valence-corrected chi connectivity index (χ0v) is 10.2. The molecular formula is C10H18N2O2S. The molecular weight excluding hydrogens is 212 g/mol. The first-order valence-electron chi connectivity index (χ1n) is 5.12. The van der Waals surface area contributed by atoms with Crippen LogP contribution in [0.25, 0.3) is 0 Å². The van der Waals surface area contributed by atoms with Gasteiger partial charge >= 0.3 is 0 Å². The lowest BCUT2D eigenvalue weighted by Crippen LogP contribution is -2.47. The Bertz CT molecular complexity index is 270. The Kier molecular flexibility index (Phi) is 4.04. The van der Waals surface area contributed by atoms with Gasteiger partial charge in [0.25, 0.3) is 5.91 Å². The molecule has 1 rings (SSSR count). The highest BCUT2D eigenvalue weighted by atomic mass is 32.1. The number of nitrogens with two attached hydrogens (primary N) is 1. The van der Waals surface area contributed by atoms with Crippen LogP contribution in [0, 0.1) is 5.92 Å². The second-order valence-electron chi connectivity index (χ2n) is 4.08. The Labute approximate surface area is 95.8 Å². The van der Waals surface area contributed by atoms with E-state index in [0.29, 0.717) is 11.6 Å². The molecule has 3 atom stereocenters. The number of hydrogen-bond acceptors (Lipinski definition) is 3. The lowest BCUT2D eigenvalue weighted by molar-refractivity contribution is -0.141. The zero-order chi connectivity index (χ0) is 11.6. The molecule has 15 heavy (non-hydrogen) atoms. The van der Waals surface area contributed by atoms with E-state index in [2.05, 4.69) is 0 Å². The summed E-state index contributed by atoms with van der Waals surface area (Å²) in [6, 6.07) is -0.219. The van der Waals surface area contributed by atoms with Crippen molar-refractivity contribution in [2.24, 2.45) is 11.7 Å². The van der Waals surface area contributed by atoms with E-state index < -0.39 is 0 Å². The van der Waals surface area contributed by atoms with Gasteiger partial charge in [0.1, 0.15) is 6.10 Å². The predicted octanol–water partition coefficient (Wildman–Crippen LogP) is 0.544. The normalized spacial score (nSPS) is 27.4. The van der Waals surface area contributed by atoms with Gasteiger partial charge in [-0.05, 0) is 19.3 Å². The van der Waals surface area contributed by atoms with Gasteiger partial charge in [0.05, 0.1) is 11.0 Å². The van der Waals surface area contributed by atoms with Crippen molar-refractivity contribution in [1.29, 1.82) is 0 Å². The van der Waals surface area contributed by atoms with Gasteiger partial charge in [0.15, 0.2) is 0 Å². The summed E-state index contributed by atoms with van der Waals surface area (Å²) >= 11 is 4.86. The summed E-state index contributed by atoms with van der Waals surface area (Å²) in [6.45, 7) is 4.50. The average Bonchev–Trinajstić information content (AvgIpc) is 2.60. The van der Waals surface area contributed by atoms with Crippen molar-refractivity contribution < 1.29 is 9.53 Å². The quantitative estimate of drug-likeness (QED) is 0.719. The van der Waals surface area contributed by atoms with E-state index in [1.54, 1.807) is 11.9 Å². The molecule has 0 aliphatic carbocycles. The van der Waals surface area contributed by atoms with Crippen LogP contribution in [0.4, 0.5) is 0 Å². The number of rotatable bonds is 3. The molecule has 1 aliphatic heterocycles. The number of amides is 1. The molecule has 2 N–H and O–H groups in total. The molecule has 1 fully saturated rings. The van der Waals surface area contributed by atoms with Gasteiger partial charge in [-0.25, -0.2) is 0 Å². The first kappa shape index (κ1) is 12.4. The standard InChI is InChI=1S/C10H18N2O2S/c1-6-4-5-14-8(6)10(13)12(3)7(2)9(11)15/h6-8H,4-5H2,1-3H3,(H2,11,15). The average molecular weight is 230 g/mol. The summed E-state index contributed by atoms with van der Waals surface area (Å²) < 4.78 is 5.40. The van der Waals surface area contributed by atoms with Gasteiger partial charge in [-0.15, -0.1) is 0 Å². The topological polar surface area (TPSA) is 55.6 Å². The minimum absolute atomic E-state index is 0.0275. The Morgan fingerprint density at radius 1 is 1.67 bits per heavy atom. The van der Waals surface area contributed by atoms with Crippen molar-refractivity contribution in [1.82, 2.24) is 4.90 Å². The molecule has 0 bridgehead atoms. The summed E-state index contributed by atoms with van der Waals surface area (Å²) in [6.07, 6.45) is 0.609. The van der Waals surface area contributed by atoms with Gasteiger partial charge < -0.3 is 15.4 Å². The highest BCUT2D eigenvalue weighted by molar-refractivity contribution is 7.80. The Morgan fingerprint density at radius 2 is 2.27 bits per heavy atom. The molecule has 0 saturated carbocycles. The fourth-order valence-corrected chi connectivity index (χ4v) is 1.75. The van der Waals surface area contributed by atoms with E-state index in [1.165, 1.54) is 0 Å². The molecule has 1 aliphatic rings. The minimum atomic E-state index is -0.327. The molecule has 1 saturated heterocycles. The van der Waals surface area contributed by atoms with Crippen LogP contribution >= 0.6 is 12.2 Å². The molecule has 3 unspecified atom stereocenters. The van der Waals surface area contributed by atoms with Gasteiger partial charge in [-0.2, -0.15) is 0 Å². The van der Waals surface area contributed by atoms with Crippen molar-refractivity contribution in [3.05, 3.63) is 0 Å². The highest BCUT2D eigenvalue weighted by Crippen LogP contribution is 2.22. The van der Waals surface area contributed by atoms with Crippen LogP contribution in [-0.4, -0.2) is 41.6 Å². The Balaban J connectivity index is 2.63. The number of ether oxygens (including phenoxy) is 1. The number of carbonyl (C=O) groups is 1. The van der Waals surface area contributed by atoms with Crippen LogP contribution in [0.5, 0.6) is 0 Å². The van der Waals surface area contributed by atoms with Crippen molar-refractivity contribution in [2.75, 3.05) is 13.7 Å². The number of carbonyl (C=O) groups excluding carboxylic acids is 1. The summed E-state index contributed by atoms with van der Waals surface area (Å²) in [5.74, 6) is 0.249. The van der Waals surface area contributed by atoms with Crippen LogP contribution in [0.3, 0.4) is 0 Å². The summed E-state index contributed by atoms with van der Waals surface area (Å²) in [4.78, 5) is 13.9. The lowest BCUT2D eigenvalue weighted by Gasteiger charge is -2.27. The van der Waals surface area contributed by atoms with E-state index in [9.17, 15) is 4.79 Å². The molecule has 0 radical (unpaired) electrons. The van der Waals surface area contributed by atoms with Crippen LogP contribution in [0.1, 0.15) is 20.3 Å². The van der Waals surface area contributed by atoms with Crippen LogP contribution in [0.2, 0.25) is 0 Å². The first-order chi connectivity index (χ1) is 6.95. The van der Waals surface area contributed by atoms with Crippen LogP contribution in [-0.2, 0) is 9.53 Å². The number of hydrogen-bond donors (Lipinski definition) is 1. The summed E-state index contributed by atoms with van der Waals surface area (Å²) in [5.41, 5.74) is 5.50. The summed E-state index contributed by atoms with van der Waals surface area (Å²) in [7, 11) is 1.71. The van der Waals surface area contributed by atoms with Crippen molar-refractivity contribution in [3.8, 4) is 0 Å². The molecule has 0 spiro atoms. The van der Waals surface area contributed by atoms with Crippen molar-refractivity contribution >= 4 is 23.1 Å². The monoisotopic (exact) mass is 230 g/mol. The molecule has 4 nitrogen and oxygen atoms in total. The molecule has 1 heterocycles. The van der Waals surface area contributed by atoms with Crippen LogP contribution < -0.4 is 5.73 Å². The largest absolute Gasteiger partial charge is 0.392 e. The van der Waals surface area contributed by atoms with E-state index in [-0.39, 0.29) is 24.0 Å². The third-order valence-electron chi connectivity index (χ3n) is 2.97. The zero-order valence-electron chi connectivity index (χ0n) is 9.40. The Hall–Kier alpha value is -0.680. The second-order valence-corrected chi connectivity index (χ2v) is 4.56. The number of likely N-dealkylation sites (N-methyl/N-ethyl adjacent to an activating group) is 1. The number of thiocarbonyl (C=S) groups is 1. The molecule has 1 amide bonds. The van der Waals surface area contributed by atoms with Crippen molar-refractivity contribution in [3.63, 3.8) is 0 Å². The van der Waals surface area contributed by atoms with E-state index in [4.69, 9.17) is 22.7 Å². The van der Waals surface area contributed by atoms with Gasteiger partial charge in [0.2, 0.25) is 0 Å². The minimum Gasteiger partial charge on any atom is -0.392 e. The van der Waals surface area contributed by atoms with Gasteiger partial charge in [-0.3, -0.25) is 4.79 Å². The highest BCUT2D eigenvalue weighted by Gasteiger charge is 2.34. The molecule has 86 valence electrons.